The fourth-order valence-electron chi connectivity index (χ4n) is 2.69. The number of anilines is 2. The van der Waals surface area contributed by atoms with Gasteiger partial charge in [-0.1, -0.05) is 42.3 Å². The van der Waals surface area contributed by atoms with Crippen molar-refractivity contribution in [3.63, 3.8) is 0 Å². The third-order valence-electron chi connectivity index (χ3n) is 3.80. The first kappa shape index (κ1) is 21.3. The lowest BCUT2D eigenvalue weighted by molar-refractivity contribution is -0.117. The lowest BCUT2D eigenvalue weighted by atomic mass is 10.1. The number of methoxy groups -OCH3 is 1. The Morgan fingerprint density at radius 2 is 1.78 bits per heavy atom. The summed E-state index contributed by atoms with van der Waals surface area (Å²) in [5.41, 5.74) is 0.665. The average molecular weight is 431 g/mol. The number of hydrogen-bond donors (Lipinski definition) is 1. The van der Waals surface area contributed by atoms with Crippen molar-refractivity contribution in [2.75, 3.05) is 23.0 Å². The molecule has 0 heterocycles. The first-order valence-corrected chi connectivity index (χ1v) is 10.7. The number of para-hydroxylation sites is 2. The molecule has 0 bridgehead atoms. The summed E-state index contributed by atoms with van der Waals surface area (Å²) in [5, 5.41) is 3.27. The molecule has 2 rings (SSSR count). The molecule has 6 nitrogen and oxygen atoms in total. The van der Waals surface area contributed by atoms with Gasteiger partial charge in [0.15, 0.2) is 0 Å². The van der Waals surface area contributed by atoms with Crippen molar-refractivity contribution in [1.29, 1.82) is 0 Å². The highest BCUT2D eigenvalue weighted by Crippen LogP contribution is 2.30. The van der Waals surface area contributed by atoms with E-state index in [0.29, 0.717) is 11.4 Å². The van der Waals surface area contributed by atoms with Crippen molar-refractivity contribution in [1.82, 2.24) is 0 Å². The normalized spacial score (nSPS) is 12.3. The van der Waals surface area contributed by atoms with E-state index in [1.807, 2.05) is 0 Å². The van der Waals surface area contributed by atoms with Gasteiger partial charge in [0.2, 0.25) is 15.9 Å². The molecule has 0 aliphatic heterocycles. The molecule has 0 unspecified atom stereocenters. The zero-order chi connectivity index (χ0) is 20.2. The predicted molar refractivity (Wildman–Crippen MR) is 109 cm³/mol. The van der Waals surface area contributed by atoms with Gasteiger partial charge in [-0.25, -0.2) is 8.42 Å². The largest absolute Gasteiger partial charge is 0.495 e. The molecule has 2 aromatic rings. The van der Waals surface area contributed by atoms with E-state index in [9.17, 15) is 13.2 Å². The highest BCUT2D eigenvalue weighted by atomic mass is 35.5. The van der Waals surface area contributed by atoms with Crippen molar-refractivity contribution in [3.05, 3.63) is 52.5 Å². The first-order valence-electron chi connectivity index (χ1n) is 8.06. The number of amides is 1. The van der Waals surface area contributed by atoms with Gasteiger partial charge in [-0.05, 0) is 36.8 Å². The molecule has 1 N–H and O–H groups in total. The van der Waals surface area contributed by atoms with Crippen molar-refractivity contribution in [2.45, 2.75) is 19.4 Å². The molecular weight excluding hydrogens is 411 g/mol. The van der Waals surface area contributed by atoms with Gasteiger partial charge in [-0.15, -0.1) is 0 Å². The number of nitrogens with one attached hydrogen (secondary N) is 1. The summed E-state index contributed by atoms with van der Waals surface area (Å²) < 4.78 is 31.2. The van der Waals surface area contributed by atoms with Crippen molar-refractivity contribution >= 4 is 50.5 Å². The van der Waals surface area contributed by atoms with Crippen molar-refractivity contribution in [2.24, 2.45) is 0 Å². The van der Waals surface area contributed by atoms with Gasteiger partial charge in [-0.3, -0.25) is 9.10 Å². The molecule has 146 valence electrons. The van der Waals surface area contributed by atoms with Gasteiger partial charge in [-0.2, -0.15) is 0 Å². The van der Waals surface area contributed by atoms with E-state index in [2.05, 4.69) is 5.32 Å². The maximum atomic E-state index is 12.9. The number of carbonyl (C=O) groups excluding carboxylic acids is 1. The summed E-state index contributed by atoms with van der Waals surface area (Å²) in [7, 11) is -2.31. The lowest BCUT2D eigenvalue weighted by Gasteiger charge is -2.30. The number of halogens is 2. The van der Waals surface area contributed by atoms with Crippen LogP contribution in [0.4, 0.5) is 11.4 Å². The molecule has 0 aliphatic rings. The summed E-state index contributed by atoms with van der Waals surface area (Å²) in [6.07, 6.45) is 1.26. The minimum Gasteiger partial charge on any atom is -0.495 e. The quantitative estimate of drug-likeness (QED) is 0.714. The standard InChI is InChI=1S/C18H20Cl2N2O4S/c1-4-16(18(23)21-15-7-5-6-8-17(15)26-2)22(27(3,24)25)14-10-12(19)9-13(20)11-14/h5-11,16H,4H2,1-3H3,(H,21,23)/t16-/m1/s1. The number of rotatable bonds is 7. The maximum absolute atomic E-state index is 12.9. The second-order valence-electron chi connectivity index (χ2n) is 5.80. The molecule has 27 heavy (non-hydrogen) atoms. The van der Waals surface area contributed by atoms with E-state index < -0.39 is 22.0 Å². The van der Waals surface area contributed by atoms with Crippen LogP contribution in [0, 0.1) is 0 Å². The Balaban J connectivity index is 2.44. The summed E-state index contributed by atoms with van der Waals surface area (Å²) in [4.78, 5) is 12.9. The molecule has 2 aromatic carbocycles. The van der Waals surface area contributed by atoms with Crippen LogP contribution in [0.25, 0.3) is 0 Å². The predicted octanol–water partition coefficient (Wildman–Crippen LogP) is 4.19. The molecule has 0 fully saturated rings. The molecule has 0 radical (unpaired) electrons. The van der Waals surface area contributed by atoms with Crippen LogP contribution in [0.2, 0.25) is 10.0 Å². The summed E-state index contributed by atoms with van der Waals surface area (Å²) >= 11 is 12.0. The van der Waals surface area contributed by atoms with Crippen LogP contribution in [0.3, 0.4) is 0 Å². The van der Waals surface area contributed by atoms with E-state index in [1.54, 1.807) is 31.2 Å². The van der Waals surface area contributed by atoms with Crippen LogP contribution >= 0.6 is 23.2 Å². The summed E-state index contributed by atoms with van der Waals surface area (Å²) in [6.45, 7) is 1.72. The molecule has 9 heteroatoms. The second-order valence-corrected chi connectivity index (χ2v) is 8.53. The Kier molecular flexibility index (Phi) is 6.97. The fourth-order valence-corrected chi connectivity index (χ4v) is 4.40. The second kappa shape index (κ2) is 8.82. The van der Waals surface area contributed by atoms with E-state index in [1.165, 1.54) is 25.3 Å². The van der Waals surface area contributed by atoms with Crippen LogP contribution in [0.1, 0.15) is 13.3 Å². The van der Waals surface area contributed by atoms with Gasteiger partial charge < -0.3 is 10.1 Å². The van der Waals surface area contributed by atoms with Gasteiger partial charge in [0.05, 0.1) is 24.7 Å². The number of carbonyl (C=O) groups is 1. The Labute approximate surface area is 169 Å². The third-order valence-corrected chi connectivity index (χ3v) is 5.41. The third kappa shape index (κ3) is 5.28. The van der Waals surface area contributed by atoms with E-state index in [-0.39, 0.29) is 22.2 Å². The Bertz CT molecular complexity index is 914. The fraction of sp³-hybridized carbons (Fsp3) is 0.278. The van der Waals surface area contributed by atoms with E-state index >= 15 is 0 Å². The van der Waals surface area contributed by atoms with Gasteiger partial charge in [0, 0.05) is 10.0 Å². The molecule has 0 saturated heterocycles. The molecule has 0 spiro atoms. The minimum absolute atomic E-state index is 0.219. The zero-order valence-corrected chi connectivity index (χ0v) is 17.4. The lowest BCUT2D eigenvalue weighted by Crippen LogP contribution is -2.47. The number of hydrogen-bond acceptors (Lipinski definition) is 4. The van der Waals surface area contributed by atoms with Gasteiger partial charge >= 0.3 is 0 Å². The molecule has 0 aromatic heterocycles. The van der Waals surface area contributed by atoms with Crippen molar-refractivity contribution < 1.29 is 17.9 Å². The van der Waals surface area contributed by atoms with Crippen LogP contribution in [0.5, 0.6) is 5.75 Å². The van der Waals surface area contributed by atoms with Crippen LogP contribution < -0.4 is 14.4 Å². The topological polar surface area (TPSA) is 75.7 Å². The number of benzene rings is 2. The number of sulfonamides is 1. The van der Waals surface area contributed by atoms with E-state index in [4.69, 9.17) is 27.9 Å². The Morgan fingerprint density at radius 3 is 2.30 bits per heavy atom. The first-order chi connectivity index (χ1) is 12.7. The van der Waals surface area contributed by atoms with Gasteiger partial charge in [0.1, 0.15) is 11.8 Å². The van der Waals surface area contributed by atoms with Crippen LogP contribution in [-0.2, 0) is 14.8 Å². The Morgan fingerprint density at radius 1 is 1.19 bits per heavy atom. The highest BCUT2D eigenvalue weighted by Gasteiger charge is 2.32. The molecule has 1 amide bonds. The summed E-state index contributed by atoms with van der Waals surface area (Å²) in [5.74, 6) is -0.0269. The Hall–Kier alpha value is -1.96. The van der Waals surface area contributed by atoms with Crippen LogP contribution in [-0.4, -0.2) is 33.7 Å². The monoisotopic (exact) mass is 430 g/mol. The highest BCUT2D eigenvalue weighted by molar-refractivity contribution is 7.92. The summed E-state index contributed by atoms with van der Waals surface area (Å²) in [6, 6.07) is 10.3. The smallest absolute Gasteiger partial charge is 0.248 e. The van der Waals surface area contributed by atoms with Crippen LogP contribution in [0.15, 0.2) is 42.5 Å². The minimum atomic E-state index is -3.79. The molecular formula is C18H20Cl2N2O4S. The zero-order valence-electron chi connectivity index (χ0n) is 15.1. The van der Waals surface area contributed by atoms with Crippen molar-refractivity contribution in [3.8, 4) is 5.75 Å². The molecule has 0 aliphatic carbocycles. The van der Waals surface area contributed by atoms with E-state index in [0.717, 1.165) is 10.6 Å². The molecule has 0 saturated carbocycles. The maximum Gasteiger partial charge on any atom is 0.248 e. The van der Waals surface area contributed by atoms with Gasteiger partial charge in [0.25, 0.3) is 0 Å². The SMILES string of the molecule is CC[C@H](C(=O)Nc1ccccc1OC)N(c1cc(Cl)cc(Cl)c1)S(C)(=O)=O. The number of ether oxygens (including phenoxy) is 1. The average Bonchev–Trinajstić information content (AvgIpc) is 2.57. The molecule has 1 atom stereocenters. The number of nitrogens with zero attached hydrogens (tertiary/aromatic N) is 1.